The van der Waals surface area contributed by atoms with Crippen LogP contribution in [-0.2, 0) is 17.9 Å². The molecule has 0 radical (unpaired) electrons. The van der Waals surface area contributed by atoms with Gasteiger partial charge in [-0.3, -0.25) is 4.79 Å². The zero-order chi connectivity index (χ0) is 14.3. The number of hydrogen-bond acceptors (Lipinski definition) is 5. The third-order valence-electron chi connectivity index (χ3n) is 3.21. The van der Waals surface area contributed by atoms with Gasteiger partial charge in [-0.05, 0) is 17.7 Å². The molecule has 0 spiro atoms. The summed E-state index contributed by atoms with van der Waals surface area (Å²) in [7, 11) is 0. The van der Waals surface area contributed by atoms with Gasteiger partial charge in [0.05, 0.1) is 17.5 Å². The van der Waals surface area contributed by atoms with Gasteiger partial charge in [0.1, 0.15) is 24.3 Å². The number of rotatable bonds is 3. The first-order valence-corrected chi connectivity index (χ1v) is 5.95. The largest absolute Gasteiger partial charge is 0.480 e. The fourth-order valence-corrected chi connectivity index (χ4v) is 2.38. The van der Waals surface area contributed by atoms with Crippen molar-refractivity contribution in [1.82, 2.24) is 14.5 Å². The first-order chi connectivity index (χ1) is 9.61. The highest BCUT2D eigenvalue weighted by Gasteiger charge is 2.16. The normalized spacial score (nSPS) is 11.2. The van der Waals surface area contributed by atoms with Crippen LogP contribution in [0.1, 0.15) is 5.56 Å². The van der Waals surface area contributed by atoms with Gasteiger partial charge in [0.25, 0.3) is 0 Å². The van der Waals surface area contributed by atoms with Crippen molar-refractivity contribution in [1.29, 1.82) is 0 Å². The molecule has 2 aromatic heterocycles. The van der Waals surface area contributed by atoms with Crippen molar-refractivity contribution in [2.45, 2.75) is 13.2 Å². The first kappa shape index (κ1) is 12.4. The summed E-state index contributed by atoms with van der Waals surface area (Å²) in [6.07, 6.45) is 1.31. The second-order valence-electron chi connectivity index (χ2n) is 4.45. The molecule has 0 atom stereocenters. The van der Waals surface area contributed by atoms with Crippen molar-refractivity contribution < 1.29 is 15.0 Å². The molecule has 3 aromatic rings. The molecule has 4 N–H and O–H groups in total. The lowest BCUT2D eigenvalue weighted by Gasteiger charge is -2.03. The summed E-state index contributed by atoms with van der Waals surface area (Å²) in [5, 5.41) is 19.6. The number of carboxylic acids is 1. The molecule has 102 valence electrons. The number of aliphatic carboxylic acids is 1. The molecular formula is C13H12N4O3. The summed E-state index contributed by atoms with van der Waals surface area (Å²) in [6, 6.07) is 5.27. The van der Waals surface area contributed by atoms with E-state index in [9.17, 15) is 9.90 Å². The topological polar surface area (TPSA) is 114 Å². The number of aliphatic hydroxyl groups is 1. The average molecular weight is 272 g/mol. The molecule has 0 unspecified atom stereocenters. The van der Waals surface area contributed by atoms with Crippen molar-refractivity contribution in [3.8, 4) is 0 Å². The summed E-state index contributed by atoms with van der Waals surface area (Å²) in [4.78, 5) is 19.1. The minimum atomic E-state index is -0.966. The Bertz CT molecular complexity index is 825. The lowest BCUT2D eigenvalue weighted by atomic mass is 10.1. The molecular weight excluding hydrogens is 260 g/mol. The van der Waals surface area contributed by atoms with E-state index >= 15 is 0 Å². The zero-order valence-corrected chi connectivity index (χ0v) is 10.4. The van der Waals surface area contributed by atoms with Crippen LogP contribution >= 0.6 is 0 Å². The SMILES string of the molecule is Nc1ncnc2c1c1cc(CO)ccc1n2CC(=O)O. The highest BCUT2D eigenvalue weighted by atomic mass is 16.4. The maximum absolute atomic E-state index is 11.0. The van der Waals surface area contributed by atoms with Crippen molar-refractivity contribution in [2.24, 2.45) is 0 Å². The van der Waals surface area contributed by atoms with Crippen LogP contribution in [0, 0.1) is 0 Å². The van der Waals surface area contributed by atoms with Gasteiger partial charge >= 0.3 is 5.97 Å². The van der Waals surface area contributed by atoms with Gasteiger partial charge in [0.2, 0.25) is 0 Å². The van der Waals surface area contributed by atoms with Crippen LogP contribution in [0.4, 0.5) is 5.82 Å². The maximum Gasteiger partial charge on any atom is 0.323 e. The summed E-state index contributed by atoms with van der Waals surface area (Å²) in [5.74, 6) is -0.675. The van der Waals surface area contributed by atoms with Gasteiger partial charge in [0.15, 0.2) is 0 Å². The fraction of sp³-hybridized carbons (Fsp3) is 0.154. The van der Waals surface area contributed by atoms with Crippen molar-refractivity contribution in [3.63, 3.8) is 0 Å². The molecule has 1 aromatic carbocycles. The summed E-state index contributed by atoms with van der Waals surface area (Å²) < 4.78 is 1.58. The van der Waals surface area contributed by atoms with Crippen LogP contribution in [0.5, 0.6) is 0 Å². The Morgan fingerprint density at radius 1 is 1.35 bits per heavy atom. The van der Waals surface area contributed by atoms with Crippen LogP contribution in [0.15, 0.2) is 24.5 Å². The Morgan fingerprint density at radius 2 is 2.15 bits per heavy atom. The van der Waals surface area contributed by atoms with E-state index in [4.69, 9.17) is 10.8 Å². The number of carbonyl (C=O) groups is 1. The molecule has 0 aliphatic rings. The highest BCUT2D eigenvalue weighted by Crippen LogP contribution is 2.31. The van der Waals surface area contributed by atoms with Crippen LogP contribution in [-0.4, -0.2) is 30.7 Å². The lowest BCUT2D eigenvalue weighted by molar-refractivity contribution is -0.137. The molecule has 2 heterocycles. The van der Waals surface area contributed by atoms with Gasteiger partial charge in [0, 0.05) is 5.39 Å². The Hall–Kier alpha value is -2.67. The number of hydrogen-bond donors (Lipinski definition) is 3. The Morgan fingerprint density at radius 3 is 2.85 bits per heavy atom. The van der Waals surface area contributed by atoms with Crippen LogP contribution in [0.2, 0.25) is 0 Å². The molecule has 0 saturated heterocycles. The molecule has 0 aliphatic carbocycles. The minimum Gasteiger partial charge on any atom is -0.480 e. The van der Waals surface area contributed by atoms with Crippen molar-refractivity contribution in [2.75, 3.05) is 5.73 Å². The van der Waals surface area contributed by atoms with Crippen LogP contribution in [0.3, 0.4) is 0 Å². The zero-order valence-electron chi connectivity index (χ0n) is 10.4. The van der Waals surface area contributed by atoms with E-state index in [1.54, 1.807) is 22.8 Å². The van der Waals surface area contributed by atoms with Crippen LogP contribution in [0.25, 0.3) is 21.9 Å². The molecule has 0 amide bonds. The van der Waals surface area contributed by atoms with Gasteiger partial charge < -0.3 is 20.5 Å². The number of benzene rings is 1. The van der Waals surface area contributed by atoms with Gasteiger partial charge in [-0.15, -0.1) is 0 Å². The number of anilines is 1. The number of nitrogens with two attached hydrogens (primary N) is 1. The van der Waals surface area contributed by atoms with E-state index in [2.05, 4.69) is 9.97 Å². The minimum absolute atomic E-state index is 0.102. The van der Waals surface area contributed by atoms with Crippen molar-refractivity contribution in [3.05, 3.63) is 30.1 Å². The van der Waals surface area contributed by atoms with E-state index in [0.717, 1.165) is 10.9 Å². The number of carboxylic acid groups (broad SMARTS) is 1. The number of nitrogens with zero attached hydrogens (tertiary/aromatic N) is 3. The standard InChI is InChI=1S/C13H12N4O3/c14-12-11-8-3-7(5-18)1-2-9(8)17(4-10(19)20)13(11)16-6-15-12/h1-3,6,18H,4-5H2,(H,19,20)(H2,14,15,16). The smallest absolute Gasteiger partial charge is 0.323 e. The van der Waals surface area contributed by atoms with Gasteiger partial charge in [-0.2, -0.15) is 0 Å². The molecule has 0 saturated carbocycles. The quantitative estimate of drug-likeness (QED) is 0.648. The monoisotopic (exact) mass is 272 g/mol. The molecule has 7 heteroatoms. The highest BCUT2D eigenvalue weighted by molar-refractivity contribution is 6.11. The fourth-order valence-electron chi connectivity index (χ4n) is 2.38. The van der Waals surface area contributed by atoms with E-state index < -0.39 is 5.97 Å². The molecule has 7 nitrogen and oxygen atoms in total. The Balaban J connectivity index is 2.46. The number of aliphatic hydroxyl groups excluding tert-OH is 1. The number of nitrogen functional groups attached to an aromatic ring is 1. The third kappa shape index (κ3) is 1.76. The van der Waals surface area contributed by atoms with E-state index in [0.29, 0.717) is 22.4 Å². The second-order valence-corrected chi connectivity index (χ2v) is 4.45. The molecule has 0 bridgehead atoms. The Labute approximate surface area is 113 Å². The van der Waals surface area contributed by atoms with E-state index in [1.165, 1.54) is 6.33 Å². The molecule has 20 heavy (non-hydrogen) atoms. The van der Waals surface area contributed by atoms with E-state index in [-0.39, 0.29) is 13.2 Å². The van der Waals surface area contributed by atoms with Crippen molar-refractivity contribution >= 4 is 33.7 Å². The Kier molecular flexibility index (Phi) is 2.76. The number of fused-ring (bicyclic) bond motifs is 3. The van der Waals surface area contributed by atoms with Gasteiger partial charge in [-0.1, -0.05) is 6.07 Å². The second kappa shape index (κ2) is 4.46. The predicted octanol–water partition coefficient (Wildman–Crippen LogP) is 0.744. The number of aromatic nitrogens is 3. The summed E-state index contributed by atoms with van der Waals surface area (Å²) in [5.41, 5.74) is 7.78. The molecule has 3 rings (SSSR count). The molecule has 0 aliphatic heterocycles. The van der Waals surface area contributed by atoms with E-state index in [1.807, 2.05) is 0 Å². The predicted molar refractivity (Wildman–Crippen MR) is 73.0 cm³/mol. The molecule has 0 fully saturated rings. The summed E-state index contributed by atoms with van der Waals surface area (Å²) in [6.45, 7) is -0.315. The third-order valence-corrected chi connectivity index (χ3v) is 3.21. The first-order valence-electron chi connectivity index (χ1n) is 5.95. The lowest BCUT2D eigenvalue weighted by Crippen LogP contribution is -2.09. The van der Waals surface area contributed by atoms with Gasteiger partial charge in [-0.25, -0.2) is 9.97 Å². The summed E-state index contributed by atoms with van der Waals surface area (Å²) >= 11 is 0. The maximum atomic E-state index is 11.0. The average Bonchev–Trinajstić information content (AvgIpc) is 2.73. The van der Waals surface area contributed by atoms with Crippen LogP contribution < -0.4 is 5.73 Å².